The van der Waals surface area contributed by atoms with Gasteiger partial charge in [-0.15, -0.1) is 0 Å². The van der Waals surface area contributed by atoms with Crippen LogP contribution in [0.4, 0.5) is 0 Å². The summed E-state index contributed by atoms with van der Waals surface area (Å²) in [5.41, 5.74) is 4.65. The summed E-state index contributed by atoms with van der Waals surface area (Å²) in [6, 6.07) is 0.415. The van der Waals surface area contributed by atoms with Crippen molar-refractivity contribution in [3.63, 3.8) is 0 Å². The lowest BCUT2D eigenvalue weighted by Gasteiger charge is -2.43. The molecule has 0 radical (unpaired) electrons. The minimum atomic E-state index is -1.15. The number of nitrogens with two attached hydrogens (primary N) is 1. The first-order chi connectivity index (χ1) is 7.24. The summed E-state index contributed by atoms with van der Waals surface area (Å²) in [6.07, 6.45) is 1.21. The van der Waals surface area contributed by atoms with Crippen LogP contribution in [0.3, 0.4) is 0 Å². The van der Waals surface area contributed by atoms with E-state index in [0.29, 0.717) is 24.4 Å². The number of carbonyl (C=O) groups is 1. The second-order valence-electron chi connectivity index (χ2n) is 5.71. The van der Waals surface area contributed by atoms with Gasteiger partial charge in [-0.05, 0) is 32.1 Å². The number of piperidine rings is 1. The number of hydrogen-bond acceptors (Lipinski definition) is 3. The fraction of sp³-hybridized carbons (Fsp3) is 0.917. The largest absolute Gasteiger partial charge is 0.480 e. The molecule has 4 heteroatoms. The third-order valence-corrected chi connectivity index (χ3v) is 3.74. The van der Waals surface area contributed by atoms with Gasteiger partial charge in [0.1, 0.15) is 5.54 Å². The summed E-state index contributed by atoms with van der Waals surface area (Å²) in [4.78, 5) is 13.2. The number of carboxylic acids is 1. The highest BCUT2D eigenvalue weighted by atomic mass is 16.4. The first-order valence-corrected chi connectivity index (χ1v) is 6.00. The van der Waals surface area contributed by atoms with Crippen molar-refractivity contribution in [3.05, 3.63) is 0 Å². The van der Waals surface area contributed by atoms with Crippen molar-refractivity contribution in [3.8, 4) is 0 Å². The Morgan fingerprint density at radius 3 is 2.56 bits per heavy atom. The van der Waals surface area contributed by atoms with Gasteiger partial charge in [0.05, 0.1) is 0 Å². The number of likely N-dealkylation sites (tertiary alicyclic amines) is 1. The van der Waals surface area contributed by atoms with Crippen molar-refractivity contribution < 1.29 is 9.90 Å². The summed E-state index contributed by atoms with van der Waals surface area (Å²) in [6.45, 7) is 9.57. The van der Waals surface area contributed by atoms with E-state index >= 15 is 0 Å². The van der Waals surface area contributed by atoms with Crippen LogP contribution in [-0.2, 0) is 4.79 Å². The normalized spacial score (nSPS) is 35.7. The summed E-state index contributed by atoms with van der Waals surface area (Å²) < 4.78 is 0. The molecule has 0 spiro atoms. The van der Waals surface area contributed by atoms with E-state index in [1.165, 1.54) is 6.42 Å². The molecule has 1 saturated heterocycles. The molecule has 1 rings (SSSR count). The first-order valence-electron chi connectivity index (χ1n) is 6.00. The molecule has 1 heterocycles. The zero-order chi connectivity index (χ0) is 12.5. The second-order valence-corrected chi connectivity index (χ2v) is 5.71. The second kappa shape index (κ2) is 4.72. The monoisotopic (exact) mass is 228 g/mol. The molecule has 94 valence electrons. The Morgan fingerprint density at radius 2 is 2.06 bits per heavy atom. The fourth-order valence-corrected chi connectivity index (χ4v) is 2.53. The van der Waals surface area contributed by atoms with Gasteiger partial charge in [0.15, 0.2) is 0 Å². The van der Waals surface area contributed by atoms with Crippen LogP contribution in [0.5, 0.6) is 0 Å². The molecule has 4 atom stereocenters. The highest BCUT2D eigenvalue weighted by Gasteiger charge is 2.36. The third kappa shape index (κ3) is 2.95. The van der Waals surface area contributed by atoms with Gasteiger partial charge in [0, 0.05) is 19.1 Å². The summed E-state index contributed by atoms with van der Waals surface area (Å²) in [7, 11) is 0. The van der Waals surface area contributed by atoms with Crippen molar-refractivity contribution >= 4 is 5.97 Å². The van der Waals surface area contributed by atoms with Crippen LogP contribution in [-0.4, -0.2) is 40.6 Å². The number of carboxylic acid groups (broad SMARTS) is 1. The van der Waals surface area contributed by atoms with Crippen LogP contribution in [0.25, 0.3) is 0 Å². The summed E-state index contributed by atoms with van der Waals surface area (Å²) >= 11 is 0. The fourth-order valence-electron chi connectivity index (χ4n) is 2.53. The van der Waals surface area contributed by atoms with Crippen molar-refractivity contribution in [1.29, 1.82) is 0 Å². The average molecular weight is 228 g/mol. The molecule has 4 unspecified atom stereocenters. The lowest BCUT2D eigenvalue weighted by atomic mass is 9.85. The average Bonchev–Trinajstić information content (AvgIpc) is 2.12. The lowest BCUT2D eigenvalue weighted by Crippen LogP contribution is -2.58. The Balaban J connectivity index is 2.68. The molecule has 1 fully saturated rings. The molecular formula is C12H24N2O2. The first kappa shape index (κ1) is 13.5. The van der Waals surface area contributed by atoms with Gasteiger partial charge in [-0.25, -0.2) is 0 Å². The van der Waals surface area contributed by atoms with Gasteiger partial charge in [0.25, 0.3) is 0 Å². The molecule has 0 aromatic heterocycles. The molecule has 0 aliphatic carbocycles. The Kier molecular flexibility index (Phi) is 3.97. The Labute approximate surface area is 97.8 Å². The number of aliphatic carboxylic acids is 1. The summed E-state index contributed by atoms with van der Waals surface area (Å²) in [5, 5.41) is 9.04. The number of nitrogens with zero attached hydrogens (tertiary/aromatic N) is 1. The van der Waals surface area contributed by atoms with Crippen molar-refractivity contribution in [2.24, 2.45) is 17.6 Å². The topological polar surface area (TPSA) is 66.6 Å². The predicted octanol–water partition coefficient (Wildman–Crippen LogP) is 1.15. The number of hydrogen-bond donors (Lipinski definition) is 2. The SMILES string of the molecule is CC1CC(C)C(C)N(CC(C)(N)C(=O)O)C1. The predicted molar refractivity (Wildman–Crippen MR) is 64.2 cm³/mol. The van der Waals surface area contributed by atoms with Crippen LogP contribution >= 0.6 is 0 Å². The van der Waals surface area contributed by atoms with Crippen LogP contribution < -0.4 is 5.73 Å². The maximum atomic E-state index is 11.0. The highest BCUT2D eigenvalue weighted by Crippen LogP contribution is 2.27. The number of rotatable bonds is 3. The minimum Gasteiger partial charge on any atom is -0.480 e. The standard InChI is InChI=1S/C12H24N2O2/c1-8-5-9(2)10(3)14(6-8)7-12(4,13)11(15)16/h8-10H,5-7,13H2,1-4H3,(H,15,16). The molecule has 0 aromatic rings. The molecular weight excluding hydrogens is 204 g/mol. The molecule has 3 N–H and O–H groups in total. The van der Waals surface area contributed by atoms with Crippen LogP contribution in [0.15, 0.2) is 0 Å². The maximum absolute atomic E-state index is 11.0. The van der Waals surface area contributed by atoms with Crippen LogP contribution in [0, 0.1) is 11.8 Å². The molecule has 0 amide bonds. The van der Waals surface area contributed by atoms with Crippen molar-refractivity contribution in [2.75, 3.05) is 13.1 Å². The van der Waals surface area contributed by atoms with E-state index in [2.05, 4.69) is 25.7 Å². The zero-order valence-electron chi connectivity index (χ0n) is 10.7. The minimum absolute atomic E-state index is 0.415. The third-order valence-electron chi connectivity index (χ3n) is 3.74. The highest BCUT2D eigenvalue weighted by molar-refractivity contribution is 5.78. The lowest BCUT2D eigenvalue weighted by molar-refractivity contribution is -0.144. The van der Waals surface area contributed by atoms with E-state index in [9.17, 15) is 4.79 Å². The van der Waals surface area contributed by atoms with E-state index in [0.717, 1.165) is 6.54 Å². The van der Waals surface area contributed by atoms with Crippen LogP contribution in [0.1, 0.15) is 34.1 Å². The molecule has 1 aliphatic heterocycles. The van der Waals surface area contributed by atoms with E-state index in [4.69, 9.17) is 10.8 Å². The quantitative estimate of drug-likeness (QED) is 0.760. The summed E-state index contributed by atoms with van der Waals surface area (Å²) in [5.74, 6) is 0.301. The Hall–Kier alpha value is -0.610. The molecule has 0 saturated carbocycles. The van der Waals surface area contributed by atoms with Crippen molar-refractivity contribution in [1.82, 2.24) is 4.90 Å². The van der Waals surface area contributed by atoms with Gasteiger partial charge in [-0.3, -0.25) is 9.69 Å². The molecule has 16 heavy (non-hydrogen) atoms. The Morgan fingerprint density at radius 1 is 1.50 bits per heavy atom. The van der Waals surface area contributed by atoms with Gasteiger partial charge in [-0.2, -0.15) is 0 Å². The molecule has 4 nitrogen and oxygen atoms in total. The van der Waals surface area contributed by atoms with Gasteiger partial charge >= 0.3 is 5.97 Å². The van der Waals surface area contributed by atoms with E-state index in [1.54, 1.807) is 6.92 Å². The van der Waals surface area contributed by atoms with Crippen molar-refractivity contribution in [2.45, 2.75) is 45.7 Å². The molecule has 0 bridgehead atoms. The van der Waals surface area contributed by atoms with Gasteiger partial charge in [-0.1, -0.05) is 13.8 Å². The zero-order valence-corrected chi connectivity index (χ0v) is 10.7. The van der Waals surface area contributed by atoms with Crippen LogP contribution in [0.2, 0.25) is 0 Å². The maximum Gasteiger partial charge on any atom is 0.324 e. The Bertz CT molecular complexity index is 266. The van der Waals surface area contributed by atoms with E-state index < -0.39 is 11.5 Å². The van der Waals surface area contributed by atoms with Gasteiger partial charge < -0.3 is 10.8 Å². The van der Waals surface area contributed by atoms with Gasteiger partial charge in [0.2, 0.25) is 0 Å². The molecule has 0 aromatic carbocycles. The van der Waals surface area contributed by atoms with E-state index in [1.807, 2.05) is 0 Å². The van der Waals surface area contributed by atoms with E-state index in [-0.39, 0.29) is 0 Å². The molecule has 1 aliphatic rings. The smallest absolute Gasteiger partial charge is 0.324 e.